The SMILES string of the molecule is NC(=O)NC(=O)C1CCOCC1. The number of carbonyl (C=O) groups is 2. The van der Waals surface area contributed by atoms with Crippen molar-refractivity contribution in [2.75, 3.05) is 13.2 Å². The molecule has 0 aliphatic carbocycles. The van der Waals surface area contributed by atoms with Crippen LogP contribution in [0.1, 0.15) is 12.8 Å². The Labute approximate surface area is 70.2 Å². The summed E-state index contributed by atoms with van der Waals surface area (Å²) < 4.78 is 5.06. The van der Waals surface area contributed by atoms with E-state index in [1.807, 2.05) is 0 Å². The van der Waals surface area contributed by atoms with E-state index >= 15 is 0 Å². The number of primary amides is 1. The Kier molecular flexibility index (Phi) is 3.04. The molecule has 1 aliphatic rings. The first-order chi connectivity index (χ1) is 5.70. The molecule has 1 rings (SSSR count). The topological polar surface area (TPSA) is 81.4 Å². The summed E-state index contributed by atoms with van der Waals surface area (Å²) in [7, 11) is 0. The van der Waals surface area contributed by atoms with E-state index in [-0.39, 0.29) is 11.8 Å². The van der Waals surface area contributed by atoms with Gasteiger partial charge in [0.2, 0.25) is 5.91 Å². The highest BCUT2D eigenvalue weighted by Gasteiger charge is 2.21. The summed E-state index contributed by atoms with van der Waals surface area (Å²) in [6.45, 7) is 1.16. The lowest BCUT2D eigenvalue weighted by molar-refractivity contribution is -0.126. The fraction of sp³-hybridized carbons (Fsp3) is 0.714. The maximum atomic E-state index is 11.1. The van der Waals surface area contributed by atoms with E-state index < -0.39 is 6.03 Å². The molecule has 0 aromatic heterocycles. The molecular weight excluding hydrogens is 160 g/mol. The summed E-state index contributed by atoms with van der Waals surface area (Å²) >= 11 is 0. The summed E-state index contributed by atoms with van der Waals surface area (Å²) in [4.78, 5) is 21.5. The molecule has 0 atom stereocenters. The summed E-state index contributed by atoms with van der Waals surface area (Å²) in [5.74, 6) is -0.406. The van der Waals surface area contributed by atoms with Crippen molar-refractivity contribution in [2.24, 2.45) is 11.7 Å². The zero-order chi connectivity index (χ0) is 8.97. The highest BCUT2D eigenvalue weighted by molar-refractivity contribution is 5.94. The van der Waals surface area contributed by atoms with Gasteiger partial charge in [-0.1, -0.05) is 0 Å². The van der Waals surface area contributed by atoms with Crippen molar-refractivity contribution in [2.45, 2.75) is 12.8 Å². The smallest absolute Gasteiger partial charge is 0.318 e. The highest BCUT2D eigenvalue weighted by Crippen LogP contribution is 2.13. The van der Waals surface area contributed by atoms with Crippen molar-refractivity contribution in [3.8, 4) is 0 Å². The fourth-order valence-corrected chi connectivity index (χ4v) is 1.18. The van der Waals surface area contributed by atoms with Crippen LogP contribution >= 0.6 is 0 Å². The van der Waals surface area contributed by atoms with Crippen LogP contribution in [0.5, 0.6) is 0 Å². The molecule has 0 unspecified atom stereocenters. The number of urea groups is 1. The lowest BCUT2D eigenvalue weighted by Crippen LogP contribution is -2.40. The molecule has 0 radical (unpaired) electrons. The third kappa shape index (κ3) is 2.50. The van der Waals surface area contributed by atoms with Crippen molar-refractivity contribution in [3.63, 3.8) is 0 Å². The molecule has 0 bridgehead atoms. The van der Waals surface area contributed by atoms with Crippen LogP contribution < -0.4 is 11.1 Å². The predicted molar refractivity (Wildman–Crippen MR) is 41.3 cm³/mol. The Morgan fingerprint density at radius 1 is 1.33 bits per heavy atom. The van der Waals surface area contributed by atoms with Crippen molar-refractivity contribution < 1.29 is 14.3 Å². The Morgan fingerprint density at radius 3 is 2.42 bits per heavy atom. The Balaban J connectivity index is 2.34. The van der Waals surface area contributed by atoms with Crippen molar-refractivity contribution in [3.05, 3.63) is 0 Å². The monoisotopic (exact) mass is 172 g/mol. The number of nitrogens with one attached hydrogen (secondary N) is 1. The number of ether oxygens (including phenoxy) is 1. The summed E-state index contributed by atoms with van der Waals surface area (Å²) in [6, 6.07) is -0.786. The van der Waals surface area contributed by atoms with Gasteiger partial charge in [0.1, 0.15) is 0 Å². The molecule has 1 heterocycles. The molecule has 0 saturated carbocycles. The van der Waals surface area contributed by atoms with Gasteiger partial charge < -0.3 is 10.5 Å². The molecule has 1 fully saturated rings. The number of amides is 3. The summed E-state index contributed by atoms with van der Waals surface area (Å²) in [6.07, 6.45) is 1.33. The third-order valence-electron chi connectivity index (χ3n) is 1.84. The van der Waals surface area contributed by atoms with Crippen LogP contribution in [0.15, 0.2) is 0 Å². The fourth-order valence-electron chi connectivity index (χ4n) is 1.18. The Bertz CT molecular complexity index is 187. The number of carbonyl (C=O) groups excluding carboxylic acids is 2. The molecule has 5 nitrogen and oxygen atoms in total. The standard InChI is InChI=1S/C7H12N2O3/c8-7(11)9-6(10)5-1-3-12-4-2-5/h5H,1-4H2,(H3,8,9,10,11). The highest BCUT2D eigenvalue weighted by atomic mass is 16.5. The molecule has 3 amide bonds. The number of nitrogens with two attached hydrogens (primary N) is 1. The molecule has 5 heteroatoms. The number of imide groups is 1. The largest absolute Gasteiger partial charge is 0.381 e. The number of hydrogen-bond acceptors (Lipinski definition) is 3. The second-order valence-corrected chi connectivity index (χ2v) is 2.74. The predicted octanol–water partition coefficient (Wildman–Crippen LogP) is -0.392. The van der Waals surface area contributed by atoms with Crippen LogP contribution in [-0.4, -0.2) is 25.2 Å². The minimum Gasteiger partial charge on any atom is -0.381 e. The first-order valence-corrected chi connectivity index (χ1v) is 3.88. The average Bonchev–Trinajstić information content (AvgIpc) is 2.05. The first-order valence-electron chi connectivity index (χ1n) is 3.88. The van der Waals surface area contributed by atoms with Crippen molar-refractivity contribution in [1.29, 1.82) is 0 Å². The van der Waals surface area contributed by atoms with E-state index in [2.05, 4.69) is 5.32 Å². The minimum absolute atomic E-state index is 0.119. The van der Waals surface area contributed by atoms with E-state index in [9.17, 15) is 9.59 Å². The molecule has 0 aromatic rings. The average molecular weight is 172 g/mol. The van der Waals surface area contributed by atoms with E-state index in [0.717, 1.165) is 0 Å². The van der Waals surface area contributed by atoms with Gasteiger partial charge in [-0.15, -0.1) is 0 Å². The van der Waals surface area contributed by atoms with Gasteiger partial charge in [-0.05, 0) is 12.8 Å². The van der Waals surface area contributed by atoms with Gasteiger partial charge in [0.25, 0.3) is 0 Å². The Hall–Kier alpha value is -1.10. The molecule has 1 saturated heterocycles. The quantitative estimate of drug-likeness (QED) is 0.565. The molecule has 68 valence electrons. The van der Waals surface area contributed by atoms with Crippen molar-refractivity contribution >= 4 is 11.9 Å². The lowest BCUT2D eigenvalue weighted by atomic mass is 10.00. The normalized spacial score (nSPS) is 18.7. The van der Waals surface area contributed by atoms with Gasteiger partial charge in [0.15, 0.2) is 0 Å². The third-order valence-corrected chi connectivity index (χ3v) is 1.84. The number of rotatable bonds is 1. The van der Waals surface area contributed by atoms with Gasteiger partial charge in [0, 0.05) is 19.1 Å². The number of hydrogen-bond donors (Lipinski definition) is 2. The van der Waals surface area contributed by atoms with Gasteiger partial charge in [-0.2, -0.15) is 0 Å². The summed E-state index contributed by atoms with van der Waals surface area (Å²) in [5, 5.41) is 2.06. The van der Waals surface area contributed by atoms with Gasteiger partial charge in [-0.3, -0.25) is 10.1 Å². The molecular formula is C7H12N2O3. The maximum absolute atomic E-state index is 11.1. The minimum atomic E-state index is -0.786. The molecule has 0 spiro atoms. The second-order valence-electron chi connectivity index (χ2n) is 2.74. The maximum Gasteiger partial charge on any atom is 0.318 e. The second kappa shape index (κ2) is 4.06. The van der Waals surface area contributed by atoms with Crippen LogP contribution in [0.3, 0.4) is 0 Å². The zero-order valence-electron chi connectivity index (χ0n) is 6.71. The lowest BCUT2D eigenvalue weighted by Gasteiger charge is -2.20. The van der Waals surface area contributed by atoms with E-state index in [1.54, 1.807) is 0 Å². The van der Waals surface area contributed by atoms with Crippen LogP contribution in [0, 0.1) is 5.92 Å². The molecule has 12 heavy (non-hydrogen) atoms. The molecule has 1 aliphatic heterocycles. The van der Waals surface area contributed by atoms with Crippen LogP contribution in [-0.2, 0) is 9.53 Å². The van der Waals surface area contributed by atoms with Gasteiger partial charge in [0.05, 0.1) is 0 Å². The van der Waals surface area contributed by atoms with Gasteiger partial charge >= 0.3 is 6.03 Å². The molecule has 0 aromatic carbocycles. The first kappa shape index (κ1) is 8.99. The van der Waals surface area contributed by atoms with E-state index in [0.29, 0.717) is 26.1 Å². The zero-order valence-corrected chi connectivity index (χ0v) is 6.71. The van der Waals surface area contributed by atoms with Crippen LogP contribution in [0.25, 0.3) is 0 Å². The van der Waals surface area contributed by atoms with E-state index in [4.69, 9.17) is 10.5 Å². The van der Waals surface area contributed by atoms with Crippen LogP contribution in [0.4, 0.5) is 4.79 Å². The van der Waals surface area contributed by atoms with Crippen LogP contribution in [0.2, 0.25) is 0 Å². The summed E-state index contributed by atoms with van der Waals surface area (Å²) in [5.41, 5.74) is 4.80. The molecule has 3 N–H and O–H groups in total. The van der Waals surface area contributed by atoms with E-state index in [1.165, 1.54) is 0 Å². The van der Waals surface area contributed by atoms with Gasteiger partial charge in [-0.25, -0.2) is 4.79 Å². The Morgan fingerprint density at radius 2 is 1.92 bits per heavy atom. The van der Waals surface area contributed by atoms with Crippen molar-refractivity contribution in [1.82, 2.24) is 5.32 Å².